The van der Waals surface area contributed by atoms with E-state index in [1.54, 1.807) is 24.3 Å². The van der Waals surface area contributed by atoms with E-state index in [1.165, 1.54) is 10.6 Å². The van der Waals surface area contributed by atoms with Crippen molar-refractivity contribution in [2.24, 2.45) is 0 Å². The van der Waals surface area contributed by atoms with Crippen molar-refractivity contribution in [3.8, 4) is 0 Å². The maximum atomic E-state index is 13.8. The topological polar surface area (TPSA) is 6.48 Å². The van der Waals surface area contributed by atoms with Gasteiger partial charge >= 0.3 is 0 Å². The zero-order chi connectivity index (χ0) is 23.1. The van der Waals surface area contributed by atoms with Crippen LogP contribution in [0.2, 0.25) is 0 Å². The average Bonchev–Trinajstić information content (AvgIpc) is 3.51. The lowest BCUT2D eigenvalue weighted by Crippen LogP contribution is -2.36. The van der Waals surface area contributed by atoms with E-state index in [0.29, 0.717) is 17.7 Å². The molecule has 1 saturated carbocycles. The number of halogens is 2. The third-order valence-electron chi connectivity index (χ3n) is 6.30. The van der Waals surface area contributed by atoms with E-state index in [0.717, 1.165) is 51.9 Å². The molecule has 2 nitrogen and oxygen atoms in total. The molecule has 0 aliphatic heterocycles. The van der Waals surface area contributed by atoms with Gasteiger partial charge in [0, 0.05) is 17.7 Å². The van der Waals surface area contributed by atoms with Crippen molar-refractivity contribution in [1.82, 2.24) is 9.80 Å². The SMILES string of the molecule is CCCN(CCC)C1C(N(CCC)CCC)C1P(c1ccc(F)cc1)c1ccc(F)cc1. The Balaban J connectivity index is 2.05. The fourth-order valence-corrected chi connectivity index (χ4v) is 8.27. The van der Waals surface area contributed by atoms with Crippen LogP contribution in [0.4, 0.5) is 8.78 Å². The van der Waals surface area contributed by atoms with Crippen LogP contribution < -0.4 is 10.6 Å². The van der Waals surface area contributed by atoms with Gasteiger partial charge in [0.2, 0.25) is 0 Å². The zero-order valence-electron chi connectivity index (χ0n) is 20.1. The first-order chi connectivity index (χ1) is 15.5. The van der Waals surface area contributed by atoms with Crippen LogP contribution in [0.25, 0.3) is 0 Å². The summed E-state index contributed by atoms with van der Waals surface area (Å²) in [5.41, 5.74) is 0.470. The maximum Gasteiger partial charge on any atom is 0.123 e. The molecule has 176 valence electrons. The summed E-state index contributed by atoms with van der Waals surface area (Å²) in [5.74, 6) is -0.409. The second-order valence-corrected chi connectivity index (χ2v) is 11.2. The molecule has 0 heterocycles. The molecule has 3 rings (SSSR count). The van der Waals surface area contributed by atoms with Gasteiger partial charge < -0.3 is 0 Å². The van der Waals surface area contributed by atoms with Crippen molar-refractivity contribution in [1.29, 1.82) is 0 Å². The monoisotopic (exact) mass is 460 g/mol. The predicted octanol–water partition coefficient (Wildman–Crippen LogP) is 5.76. The third-order valence-corrected chi connectivity index (χ3v) is 9.22. The fraction of sp³-hybridized carbons (Fsp3) is 0.556. The summed E-state index contributed by atoms with van der Waals surface area (Å²) in [6.45, 7) is 13.4. The molecule has 2 unspecified atom stereocenters. The van der Waals surface area contributed by atoms with E-state index < -0.39 is 7.92 Å². The first-order valence-corrected chi connectivity index (χ1v) is 13.7. The van der Waals surface area contributed by atoms with Crippen molar-refractivity contribution in [3.63, 3.8) is 0 Å². The highest BCUT2D eigenvalue weighted by atomic mass is 31.1. The number of hydrogen-bond acceptors (Lipinski definition) is 2. The van der Waals surface area contributed by atoms with Crippen LogP contribution in [-0.2, 0) is 0 Å². The quantitative estimate of drug-likeness (QED) is 0.351. The summed E-state index contributed by atoms with van der Waals surface area (Å²) in [6, 6.07) is 15.1. The van der Waals surface area contributed by atoms with E-state index in [-0.39, 0.29) is 11.6 Å². The van der Waals surface area contributed by atoms with Gasteiger partial charge in [0.25, 0.3) is 0 Å². The first-order valence-electron chi connectivity index (χ1n) is 12.3. The molecule has 0 aromatic heterocycles. The van der Waals surface area contributed by atoms with Crippen LogP contribution >= 0.6 is 7.92 Å². The Kier molecular flexibility index (Phi) is 9.64. The third kappa shape index (κ3) is 5.95. The van der Waals surface area contributed by atoms with Gasteiger partial charge in [-0.05, 0) is 94.7 Å². The van der Waals surface area contributed by atoms with Crippen LogP contribution in [0.5, 0.6) is 0 Å². The lowest BCUT2D eigenvalue weighted by Gasteiger charge is -2.26. The molecule has 2 aromatic carbocycles. The summed E-state index contributed by atoms with van der Waals surface area (Å²) in [5, 5.41) is 2.37. The number of nitrogens with zero attached hydrogens (tertiary/aromatic N) is 2. The van der Waals surface area contributed by atoms with Gasteiger partial charge in [0.05, 0.1) is 0 Å². The van der Waals surface area contributed by atoms with E-state index in [4.69, 9.17) is 0 Å². The van der Waals surface area contributed by atoms with Crippen LogP contribution in [0.3, 0.4) is 0 Å². The lowest BCUT2D eigenvalue weighted by molar-refractivity contribution is 0.199. The zero-order valence-corrected chi connectivity index (χ0v) is 21.0. The molecule has 0 N–H and O–H groups in total. The molecule has 2 aromatic rings. The van der Waals surface area contributed by atoms with Crippen LogP contribution in [0, 0.1) is 11.6 Å². The molecular weight excluding hydrogens is 421 g/mol. The van der Waals surface area contributed by atoms with Gasteiger partial charge in [0.1, 0.15) is 11.6 Å². The first kappa shape index (κ1) is 25.3. The molecule has 5 heteroatoms. The normalized spacial score (nSPS) is 20.5. The van der Waals surface area contributed by atoms with Crippen molar-refractivity contribution >= 4 is 18.5 Å². The predicted molar refractivity (Wildman–Crippen MR) is 135 cm³/mol. The molecule has 0 spiro atoms. The molecule has 0 amide bonds. The summed E-state index contributed by atoms with van der Waals surface area (Å²) >= 11 is 0. The minimum atomic E-state index is -0.727. The van der Waals surface area contributed by atoms with Gasteiger partial charge in [-0.1, -0.05) is 52.0 Å². The van der Waals surface area contributed by atoms with Gasteiger partial charge in [-0.25, -0.2) is 8.78 Å². The van der Waals surface area contributed by atoms with Gasteiger partial charge in [-0.3, -0.25) is 9.80 Å². The molecule has 1 aliphatic rings. The highest BCUT2D eigenvalue weighted by molar-refractivity contribution is 7.74. The van der Waals surface area contributed by atoms with Crippen molar-refractivity contribution in [3.05, 3.63) is 60.2 Å². The minimum Gasteiger partial charge on any atom is -0.298 e. The number of hydrogen-bond donors (Lipinski definition) is 0. The van der Waals surface area contributed by atoms with Crippen molar-refractivity contribution in [2.45, 2.75) is 71.1 Å². The van der Waals surface area contributed by atoms with E-state index in [2.05, 4.69) is 37.5 Å². The summed E-state index contributed by atoms with van der Waals surface area (Å²) in [4.78, 5) is 5.38. The highest BCUT2D eigenvalue weighted by Crippen LogP contribution is 2.56. The average molecular weight is 461 g/mol. The molecule has 32 heavy (non-hydrogen) atoms. The Morgan fingerprint density at radius 3 is 1.19 bits per heavy atom. The molecular formula is C27H39F2N2P. The second kappa shape index (κ2) is 12.2. The van der Waals surface area contributed by atoms with E-state index in [9.17, 15) is 8.78 Å². The summed E-state index contributed by atoms with van der Waals surface area (Å²) in [7, 11) is -0.727. The van der Waals surface area contributed by atoms with Crippen LogP contribution in [0.1, 0.15) is 53.4 Å². The number of rotatable bonds is 13. The summed E-state index contributed by atoms with van der Waals surface area (Å²) in [6.07, 6.45) is 4.57. The Hall–Kier alpha value is -1.35. The largest absolute Gasteiger partial charge is 0.298 e. The maximum absolute atomic E-state index is 13.8. The van der Waals surface area contributed by atoms with Gasteiger partial charge in [-0.15, -0.1) is 0 Å². The standard InChI is InChI=1S/C27H39F2N2P/c1-5-17-30(18-6-2)25-26(31(19-7-3)20-8-4)27(25)32(23-13-9-21(28)10-14-23)24-15-11-22(29)12-16-24/h9-16,25-27H,5-8,17-20H2,1-4H3. The van der Waals surface area contributed by atoms with Crippen molar-refractivity contribution in [2.75, 3.05) is 26.2 Å². The van der Waals surface area contributed by atoms with E-state index in [1.807, 2.05) is 24.3 Å². The van der Waals surface area contributed by atoms with E-state index >= 15 is 0 Å². The smallest absolute Gasteiger partial charge is 0.123 e. The Bertz CT molecular complexity index is 732. The van der Waals surface area contributed by atoms with Gasteiger partial charge in [0.15, 0.2) is 0 Å². The molecule has 0 radical (unpaired) electrons. The Morgan fingerprint density at radius 1 is 0.594 bits per heavy atom. The Morgan fingerprint density at radius 2 is 0.906 bits per heavy atom. The highest BCUT2D eigenvalue weighted by Gasteiger charge is 2.59. The second-order valence-electron chi connectivity index (χ2n) is 8.87. The minimum absolute atomic E-state index is 0.205. The number of benzene rings is 2. The fourth-order valence-electron chi connectivity index (χ4n) is 5.10. The lowest BCUT2D eigenvalue weighted by atomic mass is 10.3. The summed E-state index contributed by atoms with van der Waals surface area (Å²) < 4.78 is 27.5. The molecule has 0 bridgehead atoms. The van der Waals surface area contributed by atoms with Crippen LogP contribution in [-0.4, -0.2) is 53.7 Å². The molecule has 1 fully saturated rings. The van der Waals surface area contributed by atoms with Crippen molar-refractivity contribution < 1.29 is 8.78 Å². The molecule has 1 aliphatic carbocycles. The molecule has 2 atom stereocenters. The van der Waals surface area contributed by atoms with Gasteiger partial charge in [-0.2, -0.15) is 0 Å². The Labute approximate surface area is 194 Å². The molecule has 0 saturated heterocycles. The van der Waals surface area contributed by atoms with Crippen LogP contribution in [0.15, 0.2) is 48.5 Å².